The highest BCUT2D eigenvalue weighted by Crippen LogP contribution is 2.11. The van der Waals surface area contributed by atoms with E-state index in [4.69, 9.17) is 5.11 Å². The van der Waals surface area contributed by atoms with Crippen molar-refractivity contribution in [2.75, 3.05) is 6.54 Å². The lowest BCUT2D eigenvalue weighted by Gasteiger charge is -2.16. The van der Waals surface area contributed by atoms with E-state index < -0.39 is 30.1 Å². The first-order valence-corrected chi connectivity index (χ1v) is 13.9. The van der Waals surface area contributed by atoms with E-state index in [1.54, 1.807) is 0 Å². The number of aliphatic carboxylic acids is 2. The molecule has 2 atom stereocenters. The minimum absolute atomic E-state index is 0.0192. The second-order valence-electron chi connectivity index (χ2n) is 9.91. The molecule has 0 spiro atoms. The molecule has 0 aliphatic heterocycles. The molecule has 1 rings (SSSR count). The number of rotatable bonds is 22. The number of carbonyl (C=O) groups is 6. The molecule has 1 unspecified atom stereocenters. The molecule has 3 amide bonds. The third kappa shape index (κ3) is 17.0. The van der Waals surface area contributed by atoms with E-state index in [1.165, 1.54) is 6.92 Å². The van der Waals surface area contributed by atoms with Gasteiger partial charge in [-0.25, -0.2) is 9.59 Å². The maximum Gasteiger partial charge on any atom is 0.326 e. The van der Waals surface area contributed by atoms with Crippen molar-refractivity contribution in [3.05, 3.63) is 35.9 Å². The summed E-state index contributed by atoms with van der Waals surface area (Å²) in [5.41, 5.74) is 0.994. The van der Waals surface area contributed by atoms with Crippen LogP contribution in [-0.4, -0.2) is 64.3 Å². The fourth-order valence-electron chi connectivity index (χ4n) is 4.07. The van der Waals surface area contributed by atoms with Crippen molar-refractivity contribution in [2.45, 2.75) is 102 Å². The number of urea groups is 1. The average molecular weight is 562 g/mol. The molecular weight excluding hydrogens is 518 g/mol. The molecule has 40 heavy (non-hydrogen) atoms. The molecule has 0 aromatic heterocycles. The van der Waals surface area contributed by atoms with Crippen molar-refractivity contribution in [2.24, 2.45) is 0 Å². The molecule has 0 aliphatic rings. The summed E-state index contributed by atoms with van der Waals surface area (Å²) in [4.78, 5) is 70.0. The molecule has 11 heteroatoms. The summed E-state index contributed by atoms with van der Waals surface area (Å²) in [5, 5.41) is 25.4. The summed E-state index contributed by atoms with van der Waals surface area (Å²) in [6, 6.07) is 7.11. The summed E-state index contributed by atoms with van der Waals surface area (Å²) < 4.78 is 0. The number of carbonyl (C=O) groups excluding carboxylic acids is 4. The van der Waals surface area contributed by atoms with E-state index in [0.717, 1.165) is 37.7 Å². The van der Waals surface area contributed by atoms with Gasteiger partial charge in [0.05, 0.1) is 6.04 Å². The summed E-state index contributed by atoms with van der Waals surface area (Å²) in [5.74, 6) is -2.50. The van der Waals surface area contributed by atoms with Crippen LogP contribution >= 0.6 is 0 Å². The molecule has 0 fully saturated rings. The zero-order chi connectivity index (χ0) is 29.8. The van der Waals surface area contributed by atoms with Crippen LogP contribution in [0.4, 0.5) is 4.79 Å². The number of nitrogens with one attached hydrogen (secondary N) is 3. The number of ketones is 2. The monoisotopic (exact) mass is 561 g/mol. The minimum atomic E-state index is -1.24. The van der Waals surface area contributed by atoms with Crippen molar-refractivity contribution in [3.8, 4) is 0 Å². The van der Waals surface area contributed by atoms with Crippen molar-refractivity contribution in [1.82, 2.24) is 16.0 Å². The molecule has 0 aliphatic carbocycles. The van der Waals surface area contributed by atoms with Crippen LogP contribution in [0.5, 0.6) is 0 Å². The first-order chi connectivity index (χ1) is 19.1. The highest BCUT2D eigenvalue weighted by Gasteiger charge is 2.21. The van der Waals surface area contributed by atoms with E-state index in [-0.39, 0.29) is 49.7 Å². The van der Waals surface area contributed by atoms with Crippen LogP contribution in [0.3, 0.4) is 0 Å². The Morgan fingerprint density at radius 2 is 1.35 bits per heavy atom. The smallest absolute Gasteiger partial charge is 0.326 e. The van der Waals surface area contributed by atoms with Gasteiger partial charge in [-0.15, -0.1) is 0 Å². The number of carboxylic acid groups (broad SMARTS) is 2. The molecule has 0 saturated heterocycles. The zero-order valence-corrected chi connectivity index (χ0v) is 23.3. The molecule has 5 N–H and O–H groups in total. The van der Waals surface area contributed by atoms with E-state index in [0.29, 0.717) is 25.7 Å². The summed E-state index contributed by atoms with van der Waals surface area (Å²) in [6.45, 7) is 1.58. The highest BCUT2D eigenvalue weighted by molar-refractivity contribution is 5.87. The first kappa shape index (κ1) is 34.3. The molecule has 0 bridgehead atoms. The Labute approximate surface area is 235 Å². The van der Waals surface area contributed by atoms with Gasteiger partial charge in [0.25, 0.3) is 0 Å². The maximum atomic E-state index is 12.3. The van der Waals surface area contributed by atoms with Crippen LogP contribution in [0.1, 0.15) is 89.5 Å². The Hall–Kier alpha value is -3.76. The van der Waals surface area contributed by atoms with Gasteiger partial charge >= 0.3 is 18.0 Å². The van der Waals surface area contributed by atoms with Gasteiger partial charge in [-0.05, 0) is 44.6 Å². The predicted molar refractivity (Wildman–Crippen MR) is 149 cm³/mol. The van der Waals surface area contributed by atoms with Crippen LogP contribution in [0, 0.1) is 0 Å². The summed E-state index contributed by atoms with van der Waals surface area (Å²) in [7, 11) is 0. The molecule has 0 saturated carbocycles. The lowest BCUT2D eigenvalue weighted by atomic mass is 10.0. The Morgan fingerprint density at radius 3 is 1.95 bits per heavy atom. The maximum absolute atomic E-state index is 12.3. The first-order valence-electron chi connectivity index (χ1n) is 13.9. The molecule has 1 aromatic carbocycles. The standard InChI is InChI=1S/C29H43N3O8/c1-21(33)25(20-22-12-7-6-8-13-22)31-26(35)15-10-5-3-2-4-9-14-23(34)17-18-24(28(38)39)32-29(40)30-19-11-16-27(36)37/h6-8,12-13,24-25H,2-5,9-11,14-20H2,1H3,(H,31,35)(H,36,37)(H,38,39)(H2,30,32,40)/t24?,25-/m0/s1. The zero-order valence-electron chi connectivity index (χ0n) is 23.3. The third-order valence-electron chi connectivity index (χ3n) is 6.39. The molecule has 222 valence electrons. The third-order valence-corrected chi connectivity index (χ3v) is 6.39. The van der Waals surface area contributed by atoms with Gasteiger partial charge in [0.2, 0.25) is 5.91 Å². The molecule has 0 heterocycles. The van der Waals surface area contributed by atoms with Gasteiger partial charge in [0, 0.05) is 32.2 Å². The van der Waals surface area contributed by atoms with Gasteiger partial charge in [-0.1, -0.05) is 56.0 Å². The number of unbranched alkanes of at least 4 members (excludes halogenated alkanes) is 5. The normalized spacial score (nSPS) is 12.1. The molecule has 0 radical (unpaired) electrons. The minimum Gasteiger partial charge on any atom is -0.481 e. The van der Waals surface area contributed by atoms with Crippen molar-refractivity contribution < 1.29 is 39.0 Å². The Morgan fingerprint density at radius 1 is 0.725 bits per heavy atom. The highest BCUT2D eigenvalue weighted by atomic mass is 16.4. The van der Waals surface area contributed by atoms with Crippen molar-refractivity contribution in [1.29, 1.82) is 0 Å². The van der Waals surface area contributed by atoms with Crippen LogP contribution in [0.15, 0.2) is 30.3 Å². The number of benzene rings is 1. The van der Waals surface area contributed by atoms with Gasteiger partial charge in [-0.3, -0.25) is 19.2 Å². The van der Waals surface area contributed by atoms with E-state index in [2.05, 4.69) is 16.0 Å². The SMILES string of the molecule is CC(=O)[C@H](Cc1ccccc1)NC(=O)CCCCCCCCC(=O)CCC(NC(=O)NCCCC(=O)O)C(=O)O. The number of hydrogen-bond acceptors (Lipinski definition) is 6. The van der Waals surface area contributed by atoms with Gasteiger partial charge in [0.1, 0.15) is 11.8 Å². The molecule has 11 nitrogen and oxygen atoms in total. The Kier molecular flexibility index (Phi) is 17.3. The van der Waals surface area contributed by atoms with Crippen molar-refractivity contribution in [3.63, 3.8) is 0 Å². The van der Waals surface area contributed by atoms with E-state index in [1.807, 2.05) is 30.3 Å². The fraction of sp³-hybridized carbons (Fsp3) is 0.586. The van der Waals surface area contributed by atoms with Crippen LogP contribution in [0.25, 0.3) is 0 Å². The lowest BCUT2D eigenvalue weighted by Crippen LogP contribution is -2.46. The summed E-state index contributed by atoms with van der Waals surface area (Å²) in [6.07, 6.45) is 6.28. The van der Waals surface area contributed by atoms with Crippen molar-refractivity contribution >= 4 is 35.4 Å². The fourth-order valence-corrected chi connectivity index (χ4v) is 4.07. The molecule has 1 aromatic rings. The second-order valence-corrected chi connectivity index (χ2v) is 9.91. The summed E-state index contributed by atoms with van der Waals surface area (Å²) >= 11 is 0. The number of amides is 3. The van der Waals surface area contributed by atoms with E-state index in [9.17, 15) is 33.9 Å². The predicted octanol–water partition coefficient (Wildman–Crippen LogP) is 3.39. The topological polar surface area (TPSA) is 179 Å². The lowest BCUT2D eigenvalue weighted by molar-refractivity contribution is -0.139. The largest absolute Gasteiger partial charge is 0.481 e. The van der Waals surface area contributed by atoms with Gasteiger partial charge in [0.15, 0.2) is 5.78 Å². The molecular formula is C29H43N3O8. The average Bonchev–Trinajstić information content (AvgIpc) is 2.90. The van der Waals surface area contributed by atoms with Crippen LogP contribution in [0.2, 0.25) is 0 Å². The Balaban J connectivity index is 2.13. The number of carboxylic acids is 2. The van der Waals surface area contributed by atoms with E-state index >= 15 is 0 Å². The second kappa shape index (κ2) is 20.2. The van der Waals surface area contributed by atoms with Gasteiger partial charge < -0.3 is 26.2 Å². The van der Waals surface area contributed by atoms with Crippen LogP contribution < -0.4 is 16.0 Å². The number of Topliss-reactive ketones (excluding diaryl/α,β-unsaturated/α-hetero) is 2. The van der Waals surface area contributed by atoms with Crippen LogP contribution in [-0.2, 0) is 30.4 Å². The Bertz CT molecular complexity index is 967. The quantitative estimate of drug-likeness (QED) is 0.134. The van der Waals surface area contributed by atoms with Gasteiger partial charge in [-0.2, -0.15) is 0 Å². The number of hydrogen-bond donors (Lipinski definition) is 5.